The van der Waals surface area contributed by atoms with Crippen LogP contribution in [0.3, 0.4) is 0 Å². The maximum absolute atomic E-state index is 12.6. The molecule has 3 aromatic rings. The second kappa shape index (κ2) is 4.86. The molecule has 0 spiro atoms. The van der Waals surface area contributed by atoms with Crippen LogP contribution >= 0.6 is 0 Å². The van der Waals surface area contributed by atoms with Crippen LogP contribution in [0.15, 0.2) is 54.7 Å². The maximum Gasteiger partial charge on any atom is 0.269 e. The summed E-state index contributed by atoms with van der Waals surface area (Å²) in [5.74, 6) is -0.145. The van der Waals surface area contributed by atoms with E-state index in [1.807, 2.05) is 41.8 Å². The van der Waals surface area contributed by atoms with Crippen LogP contribution in [-0.2, 0) is 0 Å². The zero-order chi connectivity index (χ0) is 15.0. The zero-order valence-electron chi connectivity index (χ0n) is 11.3. The topological polar surface area (TPSA) is 64.6 Å². The Morgan fingerprint density at radius 3 is 2.52 bits per heavy atom. The van der Waals surface area contributed by atoms with Gasteiger partial charge in [0.05, 0.1) is 10.6 Å². The lowest BCUT2D eigenvalue weighted by atomic mass is 10.1. The molecule has 0 aliphatic heterocycles. The third-order valence-electron chi connectivity index (χ3n) is 3.43. The van der Waals surface area contributed by atoms with Gasteiger partial charge in [-0.3, -0.25) is 14.9 Å². The van der Waals surface area contributed by atoms with E-state index in [1.54, 1.807) is 0 Å². The van der Waals surface area contributed by atoms with Gasteiger partial charge >= 0.3 is 0 Å². The van der Waals surface area contributed by atoms with E-state index in [0.717, 1.165) is 11.1 Å². The number of nitrogens with zero attached hydrogens (tertiary/aromatic N) is 2. The lowest BCUT2D eigenvalue weighted by molar-refractivity contribution is -0.384. The summed E-state index contributed by atoms with van der Waals surface area (Å²) in [4.78, 5) is 22.8. The van der Waals surface area contributed by atoms with Crippen molar-refractivity contribution in [1.29, 1.82) is 0 Å². The number of aromatic nitrogens is 1. The van der Waals surface area contributed by atoms with Crippen molar-refractivity contribution in [3.05, 3.63) is 81.7 Å². The second-order valence-corrected chi connectivity index (χ2v) is 4.80. The number of aryl methyl sites for hydroxylation is 1. The van der Waals surface area contributed by atoms with Crippen molar-refractivity contribution in [2.75, 3.05) is 0 Å². The van der Waals surface area contributed by atoms with Crippen LogP contribution < -0.4 is 0 Å². The van der Waals surface area contributed by atoms with Crippen molar-refractivity contribution >= 4 is 17.0 Å². The van der Waals surface area contributed by atoms with Gasteiger partial charge in [0.1, 0.15) is 0 Å². The minimum atomic E-state index is -0.480. The van der Waals surface area contributed by atoms with Gasteiger partial charge in [-0.25, -0.2) is 0 Å². The van der Waals surface area contributed by atoms with Crippen molar-refractivity contribution in [2.24, 2.45) is 0 Å². The first kappa shape index (κ1) is 13.1. The Labute approximate surface area is 120 Å². The number of nitro benzene ring substituents is 1. The molecule has 5 nitrogen and oxygen atoms in total. The third-order valence-corrected chi connectivity index (χ3v) is 3.43. The van der Waals surface area contributed by atoms with E-state index in [2.05, 4.69) is 0 Å². The lowest BCUT2D eigenvalue weighted by Gasteiger charge is -2.04. The molecule has 1 aromatic carbocycles. The molecule has 0 atom stereocenters. The molecule has 0 aliphatic carbocycles. The maximum atomic E-state index is 12.6. The predicted octanol–water partition coefficient (Wildman–Crippen LogP) is 3.39. The first-order chi connectivity index (χ1) is 10.1. The van der Waals surface area contributed by atoms with Gasteiger partial charge < -0.3 is 4.40 Å². The van der Waals surface area contributed by atoms with Crippen molar-refractivity contribution < 1.29 is 9.72 Å². The van der Waals surface area contributed by atoms with Crippen LogP contribution in [0.2, 0.25) is 0 Å². The second-order valence-electron chi connectivity index (χ2n) is 4.80. The molecule has 0 unspecified atom stereocenters. The molecule has 0 radical (unpaired) electrons. The number of carbonyl (C=O) groups excluding carboxylic acids is 1. The molecule has 2 heterocycles. The highest BCUT2D eigenvalue weighted by molar-refractivity contribution is 6.09. The van der Waals surface area contributed by atoms with Gasteiger partial charge in [-0.15, -0.1) is 0 Å². The third kappa shape index (κ3) is 2.18. The van der Waals surface area contributed by atoms with Crippen molar-refractivity contribution in [3.63, 3.8) is 0 Å². The van der Waals surface area contributed by atoms with E-state index in [0.29, 0.717) is 11.3 Å². The normalized spacial score (nSPS) is 10.7. The van der Waals surface area contributed by atoms with E-state index in [4.69, 9.17) is 0 Å². The fraction of sp³-hybridized carbons (Fsp3) is 0.0625. The molecular formula is C16H12N2O3. The number of pyridine rings is 1. The van der Waals surface area contributed by atoms with Gasteiger partial charge in [-0.2, -0.15) is 0 Å². The van der Waals surface area contributed by atoms with Crippen molar-refractivity contribution in [1.82, 2.24) is 4.40 Å². The van der Waals surface area contributed by atoms with E-state index in [9.17, 15) is 14.9 Å². The van der Waals surface area contributed by atoms with Gasteiger partial charge in [0, 0.05) is 29.4 Å². The lowest BCUT2D eigenvalue weighted by Crippen LogP contribution is -2.06. The van der Waals surface area contributed by atoms with E-state index in [-0.39, 0.29) is 11.5 Å². The van der Waals surface area contributed by atoms with Gasteiger partial charge in [0.2, 0.25) is 5.78 Å². The largest absolute Gasteiger partial charge is 0.313 e. The van der Waals surface area contributed by atoms with Crippen LogP contribution in [-0.4, -0.2) is 15.1 Å². The average molecular weight is 280 g/mol. The summed E-state index contributed by atoms with van der Waals surface area (Å²) in [5, 5.41) is 10.7. The fourth-order valence-corrected chi connectivity index (χ4v) is 2.42. The number of rotatable bonds is 3. The summed E-state index contributed by atoms with van der Waals surface area (Å²) in [7, 11) is 0. The Kier molecular flexibility index (Phi) is 3.02. The standard InChI is InChI=1S/C16H12N2O3/c1-11-10-14-4-2-3-9-17(14)15(11)16(19)12-5-7-13(8-6-12)18(20)21/h2-10H,1H3. The number of hydrogen-bond donors (Lipinski definition) is 0. The van der Waals surface area contributed by atoms with Gasteiger partial charge in [0.25, 0.3) is 5.69 Å². The number of benzene rings is 1. The Morgan fingerprint density at radius 1 is 1.14 bits per heavy atom. The molecule has 5 heteroatoms. The molecule has 0 aliphatic rings. The Morgan fingerprint density at radius 2 is 1.86 bits per heavy atom. The molecule has 104 valence electrons. The summed E-state index contributed by atoms with van der Waals surface area (Å²) in [6, 6.07) is 13.3. The summed E-state index contributed by atoms with van der Waals surface area (Å²) in [5.41, 5.74) is 2.82. The average Bonchev–Trinajstić information content (AvgIpc) is 2.82. The summed E-state index contributed by atoms with van der Waals surface area (Å²) >= 11 is 0. The molecule has 3 rings (SSSR count). The van der Waals surface area contributed by atoms with E-state index >= 15 is 0 Å². The summed E-state index contributed by atoms with van der Waals surface area (Å²) < 4.78 is 1.83. The van der Waals surface area contributed by atoms with Crippen LogP contribution in [0, 0.1) is 17.0 Å². The number of hydrogen-bond acceptors (Lipinski definition) is 3. The molecule has 0 fully saturated rings. The highest BCUT2D eigenvalue weighted by Gasteiger charge is 2.17. The molecule has 2 aromatic heterocycles. The SMILES string of the molecule is Cc1cc2ccccn2c1C(=O)c1ccc([N+](=O)[O-])cc1. The number of carbonyl (C=O) groups is 1. The molecular weight excluding hydrogens is 268 g/mol. The minimum absolute atomic E-state index is 0.0247. The van der Waals surface area contributed by atoms with Crippen LogP contribution in [0.4, 0.5) is 5.69 Å². The van der Waals surface area contributed by atoms with Gasteiger partial charge in [-0.05, 0) is 42.8 Å². The predicted molar refractivity (Wildman–Crippen MR) is 78.7 cm³/mol. The van der Waals surface area contributed by atoms with E-state index < -0.39 is 4.92 Å². The minimum Gasteiger partial charge on any atom is -0.313 e. The van der Waals surface area contributed by atoms with Crippen molar-refractivity contribution in [3.8, 4) is 0 Å². The quantitative estimate of drug-likeness (QED) is 0.419. The number of ketones is 1. The first-order valence-corrected chi connectivity index (χ1v) is 6.44. The van der Waals surface area contributed by atoms with Gasteiger partial charge in [-0.1, -0.05) is 6.07 Å². The first-order valence-electron chi connectivity index (χ1n) is 6.44. The monoisotopic (exact) mass is 280 g/mol. The smallest absolute Gasteiger partial charge is 0.269 e. The van der Waals surface area contributed by atoms with Crippen LogP contribution in [0.5, 0.6) is 0 Å². The van der Waals surface area contributed by atoms with E-state index in [1.165, 1.54) is 24.3 Å². The van der Waals surface area contributed by atoms with Crippen LogP contribution in [0.1, 0.15) is 21.6 Å². The highest BCUT2D eigenvalue weighted by Crippen LogP contribution is 2.21. The van der Waals surface area contributed by atoms with Gasteiger partial charge in [0.15, 0.2) is 0 Å². The van der Waals surface area contributed by atoms with Crippen LogP contribution in [0.25, 0.3) is 5.52 Å². The molecule has 0 bridgehead atoms. The Hall–Kier alpha value is -2.95. The summed E-state index contributed by atoms with van der Waals surface area (Å²) in [6.45, 7) is 1.88. The Balaban J connectivity index is 2.08. The zero-order valence-corrected chi connectivity index (χ0v) is 11.3. The van der Waals surface area contributed by atoms with Crippen molar-refractivity contribution in [2.45, 2.75) is 6.92 Å². The molecule has 0 saturated carbocycles. The molecule has 0 N–H and O–H groups in total. The number of fused-ring (bicyclic) bond motifs is 1. The number of non-ortho nitro benzene ring substituents is 1. The number of nitro groups is 1. The molecule has 0 saturated heterocycles. The molecule has 0 amide bonds. The fourth-order valence-electron chi connectivity index (χ4n) is 2.42. The molecule has 21 heavy (non-hydrogen) atoms. The Bertz CT molecular complexity index is 848. The summed E-state index contributed by atoms with van der Waals surface area (Å²) in [6.07, 6.45) is 1.83. The highest BCUT2D eigenvalue weighted by atomic mass is 16.6.